The van der Waals surface area contributed by atoms with Crippen molar-refractivity contribution in [3.8, 4) is 5.75 Å². The van der Waals surface area contributed by atoms with Crippen LogP contribution in [0.2, 0.25) is 0 Å². The van der Waals surface area contributed by atoms with E-state index in [1.54, 1.807) is 20.8 Å². The summed E-state index contributed by atoms with van der Waals surface area (Å²) in [6, 6.07) is 6.33. The van der Waals surface area contributed by atoms with Gasteiger partial charge in [-0.2, -0.15) is 0 Å². The number of amides is 2. The molecule has 2 atom stereocenters. The smallest absolute Gasteiger partial charge is 0.341 e. The van der Waals surface area contributed by atoms with Crippen molar-refractivity contribution in [3.63, 3.8) is 0 Å². The number of aliphatic imine (C=N–C) groups is 1. The standard InChI is InChI=1S/C18H24N2O4/c1-10(2)23-14-9-7-6-8-13(14)16-15(17(21)24-11(3)4)12(5)19-18(22)20-16/h6-11,15-16H,1-5H3,(H,20,22). The summed E-state index contributed by atoms with van der Waals surface area (Å²) in [6.07, 6.45) is -0.271. The van der Waals surface area contributed by atoms with Crippen molar-refractivity contribution in [1.82, 2.24) is 5.32 Å². The molecule has 2 amide bonds. The first-order chi connectivity index (χ1) is 11.3. The highest BCUT2D eigenvalue weighted by Crippen LogP contribution is 2.34. The van der Waals surface area contributed by atoms with E-state index in [-0.39, 0.29) is 12.2 Å². The Balaban J connectivity index is 2.44. The molecule has 0 spiro atoms. The molecule has 0 fully saturated rings. The summed E-state index contributed by atoms with van der Waals surface area (Å²) < 4.78 is 11.2. The van der Waals surface area contributed by atoms with E-state index in [9.17, 15) is 9.59 Å². The topological polar surface area (TPSA) is 77.0 Å². The summed E-state index contributed by atoms with van der Waals surface area (Å²) in [6.45, 7) is 9.10. The molecular formula is C18H24N2O4. The number of nitrogens with one attached hydrogen (secondary N) is 1. The fraction of sp³-hybridized carbons (Fsp3) is 0.500. The van der Waals surface area contributed by atoms with Crippen LogP contribution in [0.3, 0.4) is 0 Å². The quantitative estimate of drug-likeness (QED) is 0.840. The van der Waals surface area contributed by atoms with Gasteiger partial charge >= 0.3 is 12.0 Å². The monoisotopic (exact) mass is 332 g/mol. The molecule has 1 aromatic carbocycles. The van der Waals surface area contributed by atoms with Crippen LogP contribution in [-0.2, 0) is 9.53 Å². The molecular weight excluding hydrogens is 308 g/mol. The largest absolute Gasteiger partial charge is 0.491 e. The zero-order chi connectivity index (χ0) is 17.9. The van der Waals surface area contributed by atoms with Crippen LogP contribution in [0, 0.1) is 5.92 Å². The van der Waals surface area contributed by atoms with Crippen molar-refractivity contribution >= 4 is 17.7 Å². The number of hydrogen-bond donors (Lipinski definition) is 1. The van der Waals surface area contributed by atoms with E-state index in [1.165, 1.54) is 0 Å². The number of ether oxygens (including phenoxy) is 2. The molecule has 6 nitrogen and oxygen atoms in total. The Morgan fingerprint density at radius 1 is 1.17 bits per heavy atom. The fourth-order valence-corrected chi connectivity index (χ4v) is 2.69. The Bertz CT molecular complexity index is 652. The maximum atomic E-state index is 12.5. The molecule has 0 aliphatic carbocycles. The molecule has 0 aromatic heterocycles. The number of carbonyl (C=O) groups is 2. The first-order valence-electron chi connectivity index (χ1n) is 8.11. The van der Waals surface area contributed by atoms with Gasteiger partial charge in [0, 0.05) is 11.3 Å². The second-order valence-electron chi connectivity index (χ2n) is 6.35. The predicted octanol–water partition coefficient (Wildman–Crippen LogP) is 3.27. The Hall–Kier alpha value is -2.37. The van der Waals surface area contributed by atoms with Gasteiger partial charge in [-0.3, -0.25) is 4.79 Å². The van der Waals surface area contributed by atoms with E-state index >= 15 is 0 Å². The average molecular weight is 332 g/mol. The molecule has 24 heavy (non-hydrogen) atoms. The number of urea groups is 1. The maximum Gasteiger partial charge on any atom is 0.341 e. The van der Waals surface area contributed by atoms with Gasteiger partial charge in [0.15, 0.2) is 0 Å². The zero-order valence-corrected chi connectivity index (χ0v) is 14.7. The van der Waals surface area contributed by atoms with Crippen LogP contribution in [0.25, 0.3) is 0 Å². The molecule has 2 unspecified atom stereocenters. The Labute approximate surface area is 142 Å². The first-order valence-corrected chi connectivity index (χ1v) is 8.11. The van der Waals surface area contributed by atoms with Gasteiger partial charge in [0.1, 0.15) is 11.7 Å². The van der Waals surface area contributed by atoms with E-state index in [0.29, 0.717) is 11.5 Å². The van der Waals surface area contributed by atoms with Crippen LogP contribution in [0.15, 0.2) is 29.3 Å². The van der Waals surface area contributed by atoms with E-state index in [2.05, 4.69) is 10.3 Å². The van der Waals surface area contributed by atoms with Gasteiger partial charge in [-0.15, -0.1) is 0 Å². The lowest BCUT2D eigenvalue weighted by Crippen LogP contribution is -2.44. The fourth-order valence-electron chi connectivity index (χ4n) is 2.69. The SMILES string of the molecule is CC1=NC(=O)NC(c2ccccc2OC(C)C)C1C(=O)OC(C)C. The van der Waals surface area contributed by atoms with Crippen molar-refractivity contribution < 1.29 is 19.1 Å². The lowest BCUT2D eigenvalue weighted by molar-refractivity contribution is -0.150. The lowest BCUT2D eigenvalue weighted by Gasteiger charge is -2.31. The van der Waals surface area contributed by atoms with E-state index in [1.807, 2.05) is 38.1 Å². The Kier molecular flexibility index (Phi) is 5.59. The second-order valence-corrected chi connectivity index (χ2v) is 6.35. The number of hydrogen-bond acceptors (Lipinski definition) is 4. The molecule has 130 valence electrons. The van der Waals surface area contributed by atoms with Gasteiger partial charge in [0.05, 0.1) is 18.2 Å². The highest BCUT2D eigenvalue weighted by Gasteiger charge is 2.39. The molecule has 0 saturated heterocycles. The minimum Gasteiger partial charge on any atom is -0.491 e. The third-order valence-electron chi connectivity index (χ3n) is 3.56. The third-order valence-corrected chi connectivity index (χ3v) is 3.56. The van der Waals surface area contributed by atoms with Crippen LogP contribution in [0.1, 0.15) is 46.2 Å². The average Bonchev–Trinajstić information content (AvgIpc) is 2.45. The summed E-state index contributed by atoms with van der Waals surface area (Å²) >= 11 is 0. The zero-order valence-electron chi connectivity index (χ0n) is 14.7. The van der Waals surface area contributed by atoms with Crippen LogP contribution < -0.4 is 10.1 Å². The molecule has 0 radical (unpaired) electrons. The van der Waals surface area contributed by atoms with Crippen LogP contribution in [0.4, 0.5) is 4.79 Å². The highest BCUT2D eigenvalue weighted by molar-refractivity contribution is 6.08. The van der Waals surface area contributed by atoms with Crippen molar-refractivity contribution in [2.24, 2.45) is 10.9 Å². The number of esters is 1. The summed E-state index contributed by atoms with van der Waals surface area (Å²) in [4.78, 5) is 28.3. The molecule has 1 N–H and O–H groups in total. The van der Waals surface area contributed by atoms with Crippen molar-refractivity contribution in [1.29, 1.82) is 0 Å². The summed E-state index contributed by atoms with van der Waals surface area (Å²) in [5.74, 6) is -0.451. The van der Waals surface area contributed by atoms with Crippen molar-refractivity contribution in [3.05, 3.63) is 29.8 Å². The van der Waals surface area contributed by atoms with Gasteiger partial charge < -0.3 is 14.8 Å². The Morgan fingerprint density at radius 2 is 1.83 bits per heavy atom. The molecule has 2 rings (SSSR count). The second kappa shape index (κ2) is 7.47. The molecule has 0 saturated carbocycles. The van der Waals surface area contributed by atoms with Gasteiger partial charge in [0.2, 0.25) is 0 Å². The molecule has 1 aliphatic heterocycles. The molecule has 1 aliphatic rings. The number of rotatable bonds is 5. The minimum absolute atomic E-state index is 0.0266. The Morgan fingerprint density at radius 3 is 2.46 bits per heavy atom. The van der Waals surface area contributed by atoms with Gasteiger partial charge in [0.25, 0.3) is 0 Å². The molecule has 1 heterocycles. The molecule has 1 aromatic rings. The van der Waals surface area contributed by atoms with E-state index in [0.717, 1.165) is 5.56 Å². The highest BCUT2D eigenvalue weighted by atomic mass is 16.5. The van der Waals surface area contributed by atoms with Gasteiger partial charge in [-0.05, 0) is 40.7 Å². The van der Waals surface area contributed by atoms with Crippen molar-refractivity contribution in [2.75, 3.05) is 0 Å². The van der Waals surface area contributed by atoms with E-state index in [4.69, 9.17) is 9.47 Å². The third kappa shape index (κ3) is 4.13. The maximum absolute atomic E-state index is 12.5. The summed E-state index contributed by atoms with van der Waals surface area (Å²) in [7, 11) is 0. The minimum atomic E-state index is -0.679. The normalized spacial score (nSPS) is 20.6. The summed E-state index contributed by atoms with van der Waals surface area (Å²) in [5, 5.41) is 2.77. The van der Waals surface area contributed by atoms with Crippen LogP contribution in [-0.4, -0.2) is 29.9 Å². The number of benzene rings is 1. The summed E-state index contributed by atoms with van der Waals surface area (Å²) in [5.41, 5.74) is 1.17. The molecule has 0 bridgehead atoms. The van der Waals surface area contributed by atoms with Crippen LogP contribution in [0.5, 0.6) is 5.75 Å². The first kappa shape index (κ1) is 18.0. The predicted molar refractivity (Wildman–Crippen MR) is 91.3 cm³/mol. The van der Waals surface area contributed by atoms with E-state index < -0.39 is 24.0 Å². The number of nitrogens with zero attached hydrogens (tertiary/aromatic N) is 1. The number of carbonyl (C=O) groups excluding carboxylic acids is 2. The van der Waals surface area contributed by atoms with Gasteiger partial charge in [-0.25, -0.2) is 9.79 Å². The molecule has 6 heteroatoms. The number of para-hydroxylation sites is 1. The van der Waals surface area contributed by atoms with Crippen molar-refractivity contribution in [2.45, 2.75) is 52.9 Å². The van der Waals surface area contributed by atoms with Crippen LogP contribution >= 0.6 is 0 Å². The van der Waals surface area contributed by atoms with Gasteiger partial charge in [-0.1, -0.05) is 18.2 Å². The lowest BCUT2D eigenvalue weighted by atomic mass is 9.87.